The van der Waals surface area contributed by atoms with Gasteiger partial charge in [-0.3, -0.25) is 14.5 Å². The van der Waals surface area contributed by atoms with Gasteiger partial charge in [0.15, 0.2) is 0 Å². The molecule has 0 aliphatic rings. The maximum Gasteiger partial charge on any atom is 0.240 e. The minimum Gasteiger partial charge on any atom is -0.275 e. The Balaban J connectivity index is 2.71. The molecule has 2 aromatic rings. The monoisotopic (exact) mass is 349 g/mol. The zero-order valence-electron chi connectivity index (χ0n) is 14.2. The maximum atomic E-state index is 12.1. The van der Waals surface area contributed by atoms with Gasteiger partial charge in [-0.05, 0) is 23.3 Å². The summed E-state index contributed by atoms with van der Waals surface area (Å²) in [6, 6.07) is 12.8. The molecule has 0 bridgehead atoms. The molecule has 2 amide bonds. The number of nitrogens with zero attached hydrogens (tertiary/aromatic N) is 3. The molecular formula is C19H15N3O4. The topological polar surface area (TPSA) is 96.2 Å². The van der Waals surface area contributed by atoms with Crippen LogP contribution in [0.5, 0.6) is 0 Å². The second-order valence-corrected chi connectivity index (χ2v) is 5.38. The van der Waals surface area contributed by atoms with E-state index < -0.39 is 17.9 Å². The van der Waals surface area contributed by atoms with E-state index in [4.69, 9.17) is 0 Å². The lowest BCUT2D eigenvalue weighted by Crippen LogP contribution is -2.37. The van der Waals surface area contributed by atoms with Crippen molar-refractivity contribution in [3.05, 3.63) is 59.7 Å². The van der Waals surface area contributed by atoms with Crippen LogP contribution in [0.15, 0.2) is 58.5 Å². The number of hydrogen-bond donors (Lipinski definition) is 0. The standard InChI is InChI=1S/C19H15N3O4/c1-13(25)22(14(2)26)19(15-6-4-3-5-7-15)16-8-9-17(20-11-23)18(10-16)21-12-24/h3-10,19H,1-2H3. The van der Waals surface area contributed by atoms with Crippen LogP contribution in [0.4, 0.5) is 11.4 Å². The molecule has 0 spiro atoms. The highest BCUT2D eigenvalue weighted by Crippen LogP contribution is 2.35. The average Bonchev–Trinajstić information content (AvgIpc) is 2.61. The highest BCUT2D eigenvalue weighted by molar-refractivity contribution is 5.94. The molecule has 0 aliphatic carbocycles. The number of rotatable bonds is 5. The van der Waals surface area contributed by atoms with Crippen LogP contribution < -0.4 is 0 Å². The average molecular weight is 349 g/mol. The number of carbonyl (C=O) groups is 2. The molecule has 7 heteroatoms. The van der Waals surface area contributed by atoms with E-state index in [0.29, 0.717) is 11.1 Å². The first-order valence-corrected chi connectivity index (χ1v) is 7.64. The van der Waals surface area contributed by atoms with Gasteiger partial charge in [-0.2, -0.15) is 9.98 Å². The number of aliphatic imine (C=N–C) groups is 2. The van der Waals surface area contributed by atoms with Crippen LogP contribution in [0.1, 0.15) is 31.0 Å². The van der Waals surface area contributed by atoms with Crippen LogP contribution in [0.3, 0.4) is 0 Å². The Kier molecular flexibility index (Phi) is 6.06. The summed E-state index contributed by atoms with van der Waals surface area (Å²) in [6.45, 7) is 2.60. The van der Waals surface area contributed by atoms with Crippen molar-refractivity contribution in [2.75, 3.05) is 0 Å². The van der Waals surface area contributed by atoms with Crippen LogP contribution in [-0.2, 0) is 19.2 Å². The Hall–Kier alpha value is -3.66. The third kappa shape index (κ3) is 4.05. The largest absolute Gasteiger partial charge is 0.275 e. The highest BCUT2D eigenvalue weighted by Gasteiger charge is 2.28. The minimum atomic E-state index is -0.721. The van der Waals surface area contributed by atoms with Crippen molar-refractivity contribution in [2.45, 2.75) is 19.9 Å². The lowest BCUT2D eigenvalue weighted by atomic mass is 9.96. The maximum absolute atomic E-state index is 12.1. The molecule has 26 heavy (non-hydrogen) atoms. The predicted molar refractivity (Wildman–Crippen MR) is 93.5 cm³/mol. The third-order valence-electron chi connectivity index (χ3n) is 3.70. The van der Waals surface area contributed by atoms with E-state index in [1.54, 1.807) is 30.3 Å². The summed E-state index contributed by atoms with van der Waals surface area (Å²) >= 11 is 0. The summed E-state index contributed by atoms with van der Waals surface area (Å²) in [6.07, 6.45) is 2.79. The molecule has 1 atom stereocenters. The van der Waals surface area contributed by atoms with Gasteiger partial charge in [-0.25, -0.2) is 9.59 Å². The lowest BCUT2D eigenvalue weighted by molar-refractivity contribution is -0.144. The quantitative estimate of drug-likeness (QED) is 0.612. The van der Waals surface area contributed by atoms with Crippen LogP contribution in [0, 0.1) is 0 Å². The van der Waals surface area contributed by atoms with Gasteiger partial charge in [0.25, 0.3) is 0 Å². The number of imide groups is 1. The number of carbonyl (C=O) groups excluding carboxylic acids is 4. The molecule has 1 unspecified atom stereocenters. The van der Waals surface area contributed by atoms with Crippen LogP contribution in [0.25, 0.3) is 0 Å². The Morgan fingerprint density at radius 1 is 0.846 bits per heavy atom. The Morgan fingerprint density at radius 2 is 1.42 bits per heavy atom. The minimum absolute atomic E-state index is 0.0915. The molecule has 0 aromatic heterocycles. The first-order valence-electron chi connectivity index (χ1n) is 7.64. The molecule has 0 radical (unpaired) electrons. The fraction of sp³-hybridized carbons (Fsp3) is 0.158. The van der Waals surface area contributed by atoms with Crippen molar-refractivity contribution in [1.82, 2.24) is 4.90 Å². The summed E-state index contributed by atoms with van der Waals surface area (Å²) in [5.74, 6) is -0.858. The van der Waals surface area contributed by atoms with E-state index in [9.17, 15) is 19.2 Å². The van der Waals surface area contributed by atoms with E-state index >= 15 is 0 Å². The van der Waals surface area contributed by atoms with Gasteiger partial charge in [0.2, 0.25) is 24.0 Å². The number of benzene rings is 2. The first kappa shape index (κ1) is 18.7. The number of isocyanates is 2. The Morgan fingerprint density at radius 3 is 1.96 bits per heavy atom. The van der Waals surface area contributed by atoms with E-state index in [1.807, 2.05) is 6.07 Å². The summed E-state index contributed by atoms with van der Waals surface area (Å²) in [5, 5.41) is 0. The predicted octanol–water partition coefficient (Wildman–Crippen LogP) is 3.11. The van der Waals surface area contributed by atoms with Gasteiger partial charge in [-0.1, -0.05) is 36.4 Å². The van der Waals surface area contributed by atoms with Crippen LogP contribution >= 0.6 is 0 Å². The van der Waals surface area contributed by atoms with E-state index in [2.05, 4.69) is 9.98 Å². The van der Waals surface area contributed by atoms with Gasteiger partial charge in [0.05, 0.1) is 6.04 Å². The van der Waals surface area contributed by atoms with Crippen molar-refractivity contribution in [3.8, 4) is 0 Å². The molecule has 0 aliphatic heterocycles. The molecule has 0 N–H and O–H groups in total. The second-order valence-electron chi connectivity index (χ2n) is 5.38. The molecule has 0 fully saturated rings. The molecule has 2 rings (SSSR count). The van der Waals surface area contributed by atoms with Crippen LogP contribution in [-0.4, -0.2) is 28.9 Å². The van der Waals surface area contributed by atoms with Gasteiger partial charge >= 0.3 is 0 Å². The summed E-state index contributed by atoms with van der Waals surface area (Å²) in [7, 11) is 0. The Labute approximate surface area is 149 Å². The summed E-state index contributed by atoms with van der Waals surface area (Å²) in [5.41, 5.74) is 1.45. The zero-order chi connectivity index (χ0) is 19.1. The lowest BCUT2D eigenvalue weighted by Gasteiger charge is -2.29. The number of hydrogen-bond acceptors (Lipinski definition) is 6. The van der Waals surface area contributed by atoms with Gasteiger partial charge < -0.3 is 0 Å². The summed E-state index contributed by atoms with van der Waals surface area (Å²) < 4.78 is 0. The molecule has 0 saturated carbocycles. The molecular weight excluding hydrogens is 334 g/mol. The SMILES string of the molecule is CC(=O)N(C(C)=O)C(c1ccccc1)c1ccc(N=C=O)c(N=C=O)c1. The smallest absolute Gasteiger partial charge is 0.240 e. The van der Waals surface area contributed by atoms with E-state index in [0.717, 1.165) is 4.90 Å². The van der Waals surface area contributed by atoms with E-state index in [-0.39, 0.29) is 11.4 Å². The number of amides is 2. The fourth-order valence-corrected chi connectivity index (χ4v) is 2.70. The van der Waals surface area contributed by atoms with Crippen molar-refractivity contribution in [3.63, 3.8) is 0 Å². The van der Waals surface area contributed by atoms with Crippen molar-refractivity contribution < 1.29 is 19.2 Å². The third-order valence-corrected chi connectivity index (χ3v) is 3.70. The van der Waals surface area contributed by atoms with Crippen molar-refractivity contribution in [1.29, 1.82) is 0 Å². The Bertz CT molecular complexity index is 913. The second kappa shape index (κ2) is 8.44. The molecule has 130 valence electrons. The van der Waals surface area contributed by atoms with Crippen molar-refractivity contribution in [2.24, 2.45) is 9.98 Å². The molecule has 7 nitrogen and oxygen atoms in total. The van der Waals surface area contributed by atoms with Crippen molar-refractivity contribution >= 4 is 35.3 Å². The van der Waals surface area contributed by atoms with Gasteiger partial charge in [0.1, 0.15) is 11.4 Å². The summed E-state index contributed by atoms with van der Waals surface area (Å²) in [4.78, 5) is 53.6. The molecule has 0 saturated heterocycles. The van der Waals surface area contributed by atoms with Gasteiger partial charge in [-0.15, -0.1) is 0 Å². The van der Waals surface area contributed by atoms with E-state index in [1.165, 1.54) is 38.1 Å². The normalized spacial score (nSPS) is 10.8. The fourth-order valence-electron chi connectivity index (χ4n) is 2.70. The first-order chi connectivity index (χ1) is 12.5. The molecule has 2 aromatic carbocycles. The van der Waals surface area contributed by atoms with Crippen LogP contribution in [0.2, 0.25) is 0 Å². The molecule has 0 heterocycles. The van der Waals surface area contributed by atoms with Gasteiger partial charge in [0, 0.05) is 13.8 Å². The highest BCUT2D eigenvalue weighted by atomic mass is 16.2. The zero-order valence-corrected chi connectivity index (χ0v) is 14.2.